The fourth-order valence-electron chi connectivity index (χ4n) is 2.30. The van der Waals surface area contributed by atoms with E-state index in [1.54, 1.807) is 10.7 Å². The Balaban J connectivity index is 2.17. The van der Waals surface area contributed by atoms with Gasteiger partial charge in [-0.3, -0.25) is 9.59 Å². The van der Waals surface area contributed by atoms with Crippen LogP contribution in [0.2, 0.25) is 0 Å². The van der Waals surface area contributed by atoms with E-state index in [0.29, 0.717) is 5.82 Å². The van der Waals surface area contributed by atoms with Gasteiger partial charge in [0.2, 0.25) is 5.91 Å². The van der Waals surface area contributed by atoms with Gasteiger partial charge in [-0.2, -0.15) is 0 Å². The predicted octanol–water partition coefficient (Wildman–Crippen LogP) is 2.60. The van der Waals surface area contributed by atoms with Crippen LogP contribution in [0.15, 0.2) is 24.3 Å². The molecule has 1 amide bonds. The summed E-state index contributed by atoms with van der Waals surface area (Å²) in [5.74, 6) is -0.924. The number of hydrogen-bond donors (Lipinski definition) is 2. The minimum absolute atomic E-state index is 0.0647. The SMILES string of the molecule is Cc1cc(C)cc(-n2nc(NC(=O)CCC(=O)O)cc2C)c1. The Kier molecular flexibility index (Phi) is 4.60. The van der Waals surface area contributed by atoms with E-state index >= 15 is 0 Å². The number of aryl methyl sites for hydroxylation is 3. The van der Waals surface area contributed by atoms with Crippen LogP contribution >= 0.6 is 0 Å². The summed E-state index contributed by atoms with van der Waals surface area (Å²) in [5.41, 5.74) is 4.09. The van der Waals surface area contributed by atoms with Crippen molar-refractivity contribution in [1.29, 1.82) is 0 Å². The van der Waals surface area contributed by atoms with E-state index in [9.17, 15) is 9.59 Å². The molecule has 0 bridgehead atoms. The second-order valence-electron chi connectivity index (χ2n) is 5.37. The lowest BCUT2D eigenvalue weighted by atomic mass is 10.1. The summed E-state index contributed by atoms with van der Waals surface area (Å²) in [6.07, 6.45) is -0.257. The number of nitrogens with zero attached hydrogens (tertiary/aromatic N) is 2. The topological polar surface area (TPSA) is 84.2 Å². The Morgan fingerprint density at radius 3 is 2.32 bits per heavy atom. The molecule has 1 aromatic heterocycles. The summed E-state index contributed by atoms with van der Waals surface area (Å²) < 4.78 is 1.76. The number of aliphatic carboxylic acids is 1. The van der Waals surface area contributed by atoms with Gasteiger partial charge < -0.3 is 10.4 Å². The van der Waals surface area contributed by atoms with Crippen LogP contribution in [0.5, 0.6) is 0 Å². The van der Waals surface area contributed by atoms with Crippen molar-refractivity contribution in [3.05, 3.63) is 41.1 Å². The number of nitrogens with one attached hydrogen (secondary N) is 1. The fourth-order valence-corrected chi connectivity index (χ4v) is 2.30. The van der Waals surface area contributed by atoms with Gasteiger partial charge in [0.05, 0.1) is 12.1 Å². The summed E-state index contributed by atoms with van der Waals surface area (Å²) in [6, 6.07) is 7.87. The molecule has 0 aliphatic rings. The summed E-state index contributed by atoms with van der Waals surface area (Å²) >= 11 is 0. The van der Waals surface area contributed by atoms with E-state index in [-0.39, 0.29) is 18.7 Å². The van der Waals surface area contributed by atoms with Crippen molar-refractivity contribution in [3.63, 3.8) is 0 Å². The van der Waals surface area contributed by atoms with E-state index in [2.05, 4.69) is 16.5 Å². The van der Waals surface area contributed by atoms with Crippen LogP contribution in [-0.4, -0.2) is 26.8 Å². The molecule has 0 atom stereocenters. The van der Waals surface area contributed by atoms with Crippen LogP contribution < -0.4 is 5.32 Å². The van der Waals surface area contributed by atoms with Gasteiger partial charge in [-0.05, 0) is 44.0 Å². The van der Waals surface area contributed by atoms with Gasteiger partial charge in [0.25, 0.3) is 0 Å². The van der Waals surface area contributed by atoms with Crippen molar-refractivity contribution in [2.45, 2.75) is 33.6 Å². The minimum atomic E-state index is -0.993. The van der Waals surface area contributed by atoms with Crippen LogP contribution in [0, 0.1) is 20.8 Å². The predicted molar refractivity (Wildman–Crippen MR) is 83.3 cm³/mol. The molecular formula is C16H19N3O3. The zero-order chi connectivity index (χ0) is 16.3. The normalized spacial score (nSPS) is 10.5. The molecule has 2 aromatic rings. The van der Waals surface area contributed by atoms with E-state index in [0.717, 1.165) is 22.5 Å². The van der Waals surface area contributed by atoms with Gasteiger partial charge in [0.15, 0.2) is 5.82 Å². The summed E-state index contributed by atoms with van der Waals surface area (Å²) in [4.78, 5) is 22.1. The molecule has 0 aliphatic heterocycles. The lowest BCUT2D eigenvalue weighted by Crippen LogP contribution is -2.13. The second-order valence-corrected chi connectivity index (χ2v) is 5.37. The zero-order valence-electron chi connectivity index (χ0n) is 12.9. The molecule has 6 nitrogen and oxygen atoms in total. The highest BCUT2D eigenvalue weighted by Gasteiger charge is 2.11. The first-order valence-electron chi connectivity index (χ1n) is 7.02. The Morgan fingerprint density at radius 2 is 1.73 bits per heavy atom. The fraction of sp³-hybridized carbons (Fsp3) is 0.312. The Labute approximate surface area is 128 Å². The number of benzene rings is 1. The first-order valence-corrected chi connectivity index (χ1v) is 7.02. The molecule has 1 heterocycles. The highest BCUT2D eigenvalue weighted by atomic mass is 16.4. The monoisotopic (exact) mass is 301 g/mol. The number of carbonyl (C=O) groups excluding carboxylic acids is 1. The molecule has 0 unspecified atom stereocenters. The molecule has 2 rings (SSSR count). The van der Waals surface area contributed by atoms with Gasteiger partial charge in [0, 0.05) is 18.2 Å². The molecule has 0 spiro atoms. The average Bonchev–Trinajstić information content (AvgIpc) is 2.76. The Hall–Kier alpha value is -2.63. The molecule has 0 fully saturated rings. The lowest BCUT2D eigenvalue weighted by Gasteiger charge is -2.07. The Bertz CT molecular complexity index is 699. The quantitative estimate of drug-likeness (QED) is 0.889. The molecule has 0 aliphatic carbocycles. The molecule has 0 saturated carbocycles. The minimum Gasteiger partial charge on any atom is -0.481 e. The van der Waals surface area contributed by atoms with Crippen molar-refractivity contribution in [2.75, 3.05) is 5.32 Å². The van der Waals surface area contributed by atoms with Gasteiger partial charge in [0.1, 0.15) is 0 Å². The van der Waals surface area contributed by atoms with Crippen molar-refractivity contribution in [2.24, 2.45) is 0 Å². The molecule has 116 valence electrons. The third-order valence-electron chi connectivity index (χ3n) is 3.17. The average molecular weight is 301 g/mol. The maximum Gasteiger partial charge on any atom is 0.303 e. The maximum absolute atomic E-state index is 11.7. The van der Waals surface area contributed by atoms with Crippen LogP contribution in [0.25, 0.3) is 5.69 Å². The van der Waals surface area contributed by atoms with Crippen molar-refractivity contribution < 1.29 is 14.7 Å². The van der Waals surface area contributed by atoms with E-state index in [4.69, 9.17) is 5.11 Å². The number of carbonyl (C=O) groups is 2. The lowest BCUT2D eigenvalue weighted by molar-refractivity contribution is -0.138. The van der Waals surface area contributed by atoms with Crippen LogP contribution in [-0.2, 0) is 9.59 Å². The number of anilines is 1. The third kappa shape index (κ3) is 3.94. The van der Waals surface area contributed by atoms with Gasteiger partial charge in [-0.25, -0.2) is 4.68 Å². The molecule has 22 heavy (non-hydrogen) atoms. The maximum atomic E-state index is 11.7. The van der Waals surface area contributed by atoms with Crippen LogP contribution in [0.4, 0.5) is 5.82 Å². The molecule has 6 heteroatoms. The smallest absolute Gasteiger partial charge is 0.303 e. The van der Waals surface area contributed by atoms with Crippen molar-refractivity contribution >= 4 is 17.7 Å². The van der Waals surface area contributed by atoms with Crippen molar-refractivity contribution in [1.82, 2.24) is 9.78 Å². The Morgan fingerprint density at radius 1 is 1.09 bits per heavy atom. The van der Waals surface area contributed by atoms with Crippen molar-refractivity contribution in [3.8, 4) is 5.69 Å². The molecular weight excluding hydrogens is 282 g/mol. The van der Waals surface area contributed by atoms with Gasteiger partial charge >= 0.3 is 5.97 Å². The summed E-state index contributed by atoms with van der Waals surface area (Å²) in [5, 5.41) is 15.6. The highest BCUT2D eigenvalue weighted by molar-refractivity contribution is 5.91. The first-order chi connectivity index (χ1) is 10.3. The molecule has 2 N–H and O–H groups in total. The number of rotatable bonds is 5. The second kappa shape index (κ2) is 6.43. The largest absolute Gasteiger partial charge is 0.481 e. The zero-order valence-corrected chi connectivity index (χ0v) is 12.9. The van der Waals surface area contributed by atoms with Crippen LogP contribution in [0.1, 0.15) is 29.7 Å². The summed E-state index contributed by atoms with van der Waals surface area (Å²) in [7, 11) is 0. The highest BCUT2D eigenvalue weighted by Crippen LogP contribution is 2.18. The first kappa shape index (κ1) is 15.8. The number of aromatic nitrogens is 2. The van der Waals surface area contributed by atoms with E-state index in [1.165, 1.54) is 0 Å². The standard InChI is InChI=1S/C16H19N3O3/c1-10-6-11(2)8-13(7-10)19-12(3)9-14(18-19)17-15(20)4-5-16(21)22/h6-9H,4-5H2,1-3H3,(H,21,22)(H,17,18,20). The van der Waals surface area contributed by atoms with Gasteiger partial charge in [-0.1, -0.05) is 6.07 Å². The summed E-state index contributed by atoms with van der Waals surface area (Å²) in [6.45, 7) is 5.94. The third-order valence-corrected chi connectivity index (χ3v) is 3.17. The number of carboxylic acids is 1. The van der Waals surface area contributed by atoms with Gasteiger partial charge in [-0.15, -0.1) is 5.10 Å². The number of hydrogen-bond acceptors (Lipinski definition) is 3. The molecule has 1 aromatic carbocycles. The number of carboxylic acid groups (broad SMARTS) is 1. The number of amides is 1. The molecule has 0 saturated heterocycles. The molecule has 0 radical (unpaired) electrons. The van der Waals surface area contributed by atoms with E-state index in [1.807, 2.05) is 32.9 Å². The van der Waals surface area contributed by atoms with E-state index < -0.39 is 5.97 Å². The van der Waals surface area contributed by atoms with Crippen LogP contribution in [0.3, 0.4) is 0 Å².